The molecule has 1 N–H and O–H groups in total. The fraction of sp³-hybridized carbons (Fsp3) is 0.269. The van der Waals surface area contributed by atoms with Gasteiger partial charge in [0, 0.05) is 5.92 Å². The standard InChI is InChI=1S/C26H22F3NO4/c27-22-9-15(10-23(28)25(22)29)24-14-33-12-16(11-31)30(24)26(32)34-13-21-19-7-3-1-5-17(19)18-6-2-4-8-20(18)21/h1-10,16,21,24,31H,11-14H2. The third-order valence-corrected chi connectivity index (χ3v) is 6.46. The number of ether oxygens (including phenoxy) is 2. The summed E-state index contributed by atoms with van der Waals surface area (Å²) in [6.07, 6.45) is -0.751. The lowest BCUT2D eigenvalue weighted by molar-refractivity contribution is -0.0603. The number of hydrogen-bond acceptors (Lipinski definition) is 4. The lowest BCUT2D eigenvalue weighted by Gasteiger charge is -2.40. The Balaban J connectivity index is 1.41. The van der Waals surface area contributed by atoms with E-state index in [1.165, 1.54) is 4.90 Å². The molecule has 0 radical (unpaired) electrons. The number of aliphatic hydroxyl groups excluding tert-OH is 1. The lowest BCUT2D eigenvalue weighted by atomic mass is 9.98. The van der Waals surface area contributed by atoms with E-state index < -0.39 is 42.2 Å². The molecule has 0 bridgehead atoms. The van der Waals surface area contributed by atoms with Crippen molar-refractivity contribution < 1.29 is 32.5 Å². The highest BCUT2D eigenvalue weighted by molar-refractivity contribution is 5.79. The SMILES string of the molecule is O=C(OCC1c2ccccc2-c2ccccc21)N1C(CO)COCC1c1cc(F)c(F)c(F)c1. The zero-order valence-electron chi connectivity index (χ0n) is 18.1. The topological polar surface area (TPSA) is 59.0 Å². The third-order valence-electron chi connectivity index (χ3n) is 6.46. The Morgan fingerprint density at radius 2 is 1.56 bits per heavy atom. The van der Waals surface area contributed by atoms with Crippen LogP contribution in [0.4, 0.5) is 18.0 Å². The summed E-state index contributed by atoms with van der Waals surface area (Å²) in [7, 11) is 0. The van der Waals surface area contributed by atoms with Crippen LogP contribution in [0, 0.1) is 17.5 Å². The van der Waals surface area contributed by atoms with Crippen molar-refractivity contribution in [2.75, 3.05) is 26.4 Å². The summed E-state index contributed by atoms with van der Waals surface area (Å²) >= 11 is 0. The van der Waals surface area contributed by atoms with E-state index in [9.17, 15) is 23.1 Å². The fourth-order valence-electron chi connectivity index (χ4n) is 4.84. The molecule has 1 aliphatic carbocycles. The summed E-state index contributed by atoms with van der Waals surface area (Å²) in [5.74, 6) is -4.50. The van der Waals surface area contributed by atoms with Gasteiger partial charge in [0.05, 0.1) is 31.9 Å². The Bertz CT molecular complexity index is 1170. The first-order valence-electron chi connectivity index (χ1n) is 11.0. The molecule has 1 aliphatic heterocycles. The maximum atomic E-state index is 13.9. The molecule has 0 spiro atoms. The van der Waals surface area contributed by atoms with Crippen molar-refractivity contribution in [2.24, 2.45) is 0 Å². The van der Waals surface area contributed by atoms with E-state index in [1.807, 2.05) is 48.5 Å². The first-order chi connectivity index (χ1) is 16.5. The highest BCUT2D eigenvalue weighted by Gasteiger charge is 2.38. The average molecular weight is 469 g/mol. The largest absolute Gasteiger partial charge is 0.448 e. The van der Waals surface area contributed by atoms with Gasteiger partial charge in [0.1, 0.15) is 6.61 Å². The van der Waals surface area contributed by atoms with Crippen molar-refractivity contribution in [1.29, 1.82) is 0 Å². The number of carbonyl (C=O) groups excluding carboxylic acids is 1. The molecule has 1 heterocycles. The molecule has 176 valence electrons. The Morgan fingerprint density at radius 3 is 2.15 bits per heavy atom. The molecular weight excluding hydrogens is 447 g/mol. The highest BCUT2D eigenvalue weighted by Crippen LogP contribution is 2.44. The Morgan fingerprint density at radius 1 is 0.971 bits per heavy atom. The van der Waals surface area contributed by atoms with Gasteiger partial charge in [-0.1, -0.05) is 48.5 Å². The normalized spacial score (nSPS) is 19.6. The lowest BCUT2D eigenvalue weighted by Crippen LogP contribution is -2.52. The van der Waals surface area contributed by atoms with E-state index in [2.05, 4.69) is 0 Å². The minimum Gasteiger partial charge on any atom is -0.448 e. The molecule has 3 aromatic rings. The number of morpholine rings is 1. The van der Waals surface area contributed by atoms with Crippen molar-refractivity contribution in [3.05, 3.63) is 94.8 Å². The molecule has 0 aromatic heterocycles. The monoisotopic (exact) mass is 469 g/mol. The van der Waals surface area contributed by atoms with Gasteiger partial charge in [-0.3, -0.25) is 4.90 Å². The predicted octanol–water partition coefficient (Wildman–Crippen LogP) is 4.79. The van der Waals surface area contributed by atoms with Crippen molar-refractivity contribution >= 4 is 6.09 Å². The number of fused-ring (bicyclic) bond motifs is 3. The van der Waals surface area contributed by atoms with Crippen LogP contribution in [-0.2, 0) is 9.47 Å². The number of benzene rings is 3. The van der Waals surface area contributed by atoms with Crippen molar-refractivity contribution in [3.8, 4) is 11.1 Å². The van der Waals surface area contributed by atoms with Crippen LogP contribution in [0.25, 0.3) is 11.1 Å². The quantitative estimate of drug-likeness (QED) is 0.559. The van der Waals surface area contributed by atoms with Gasteiger partial charge in [0.25, 0.3) is 0 Å². The van der Waals surface area contributed by atoms with Gasteiger partial charge in [-0.25, -0.2) is 18.0 Å². The summed E-state index contributed by atoms with van der Waals surface area (Å²) in [4.78, 5) is 14.5. The van der Waals surface area contributed by atoms with Gasteiger partial charge in [0.15, 0.2) is 17.5 Å². The van der Waals surface area contributed by atoms with Crippen molar-refractivity contribution in [2.45, 2.75) is 18.0 Å². The number of aliphatic hydroxyl groups is 1. The number of hydrogen-bond donors (Lipinski definition) is 1. The molecule has 2 aliphatic rings. The van der Waals surface area contributed by atoms with Gasteiger partial charge < -0.3 is 14.6 Å². The molecule has 2 atom stereocenters. The number of amides is 1. The van der Waals surface area contributed by atoms with Crippen LogP contribution < -0.4 is 0 Å². The second-order valence-electron chi connectivity index (χ2n) is 8.40. The van der Waals surface area contributed by atoms with Gasteiger partial charge in [0.2, 0.25) is 0 Å². The molecule has 3 aromatic carbocycles. The Hall–Kier alpha value is -3.36. The zero-order chi connectivity index (χ0) is 23.8. The van der Waals surface area contributed by atoms with E-state index in [-0.39, 0.29) is 31.3 Å². The molecule has 1 amide bonds. The van der Waals surface area contributed by atoms with Gasteiger partial charge in [-0.05, 0) is 39.9 Å². The summed E-state index contributed by atoms with van der Waals surface area (Å²) in [5.41, 5.74) is 4.25. The van der Waals surface area contributed by atoms with E-state index in [1.54, 1.807) is 0 Å². The Kier molecular flexibility index (Phi) is 6.02. The molecule has 2 unspecified atom stereocenters. The maximum Gasteiger partial charge on any atom is 0.410 e. The van der Waals surface area contributed by atoms with Crippen LogP contribution in [0.5, 0.6) is 0 Å². The maximum absolute atomic E-state index is 13.9. The smallest absolute Gasteiger partial charge is 0.410 e. The number of carbonyl (C=O) groups is 1. The van der Waals surface area contributed by atoms with Crippen molar-refractivity contribution in [3.63, 3.8) is 0 Å². The third kappa shape index (κ3) is 3.82. The molecule has 8 heteroatoms. The van der Waals surface area contributed by atoms with E-state index in [0.29, 0.717) is 0 Å². The summed E-state index contributed by atoms with van der Waals surface area (Å²) < 4.78 is 52.4. The summed E-state index contributed by atoms with van der Waals surface area (Å²) in [6, 6.07) is 15.7. The van der Waals surface area contributed by atoms with Crippen LogP contribution >= 0.6 is 0 Å². The van der Waals surface area contributed by atoms with Crippen LogP contribution in [-0.4, -0.2) is 48.6 Å². The number of rotatable bonds is 4. The molecule has 0 saturated carbocycles. The molecular formula is C26H22F3NO4. The van der Waals surface area contributed by atoms with E-state index >= 15 is 0 Å². The van der Waals surface area contributed by atoms with Crippen LogP contribution in [0.2, 0.25) is 0 Å². The number of nitrogens with zero attached hydrogens (tertiary/aromatic N) is 1. The predicted molar refractivity (Wildman–Crippen MR) is 118 cm³/mol. The van der Waals surface area contributed by atoms with E-state index in [4.69, 9.17) is 9.47 Å². The van der Waals surface area contributed by atoms with Crippen LogP contribution in [0.3, 0.4) is 0 Å². The van der Waals surface area contributed by atoms with Gasteiger partial charge >= 0.3 is 6.09 Å². The zero-order valence-corrected chi connectivity index (χ0v) is 18.1. The van der Waals surface area contributed by atoms with Crippen LogP contribution in [0.15, 0.2) is 60.7 Å². The fourth-order valence-corrected chi connectivity index (χ4v) is 4.84. The molecule has 1 fully saturated rings. The highest BCUT2D eigenvalue weighted by atomic mass is 19.2. The number of halogens is 3. The first kappa shape index (κ1) is 22.4. The second kappa shape index (κ2) is 9.12. The summed E-state index contributed by atoms with van der Waals surface area (Å²) in [6.45, 7) is -0.442. The average Bonchev–Trinajstić information content (AvgIpc) is 3.18. The second-order valence-corrected chi connectivity index (χ2v) is 8.40. The minimum atomic E-state index is -1.59. The van der Waals surface area contributed by atoms with Gasteiger partial charge in [-0.15, -0.1) is 0 Å². The molecule has 1 saturated heterocycles. The molecule has 5 nitrogen and oxygen atoms in total. The van der Waals surface area contributed by atoms with E-state index in [0.717, 1.165) is 34.4 Å². The Labute approximate surface area is 194 Å². The molecule has 34 heavy (non-hydrogen) atoms. The van der Waals surface area contributed by atoms with Crippen LogP contribution in [0.1, 0.15) is 28.7 Å². The van der Waals surface area contributed by atoms with Crippen molar-refractivity contribution in [1.82, 2.24) is 4.90 Å². The molecule has 5 rings (SSSR count). The van der Waals surface area contributed by atoms with Gasteiger partial charge in [-0.2, -0.15) is 0 Å². The summed E-state index contributed by atoms with van der Waals surface area (Å²) in [5, 5.41) is 9.83. The minimum absolute atomic E-state index is 0.0167. The first-order valence-corrected chi connectivity index (χ1v) is 11.0.